The first kappa shape index (κ1) is 10.7. The third-order valence-corrected chi connectivity index (χ3v) is 6.39. The van der Waals surface area contributed by atoms with Gasteiger partial charge in [-0.1, -0.05) is 6.07 Å². The second-order valence-electron chi connectivity index (χ2n) is 2.07. The van der Waals surface area contributed by atoms with Gasteiger partial charge in [0.1, 0.15) is 0 Å². The number of nitrogens with zero attached hydrogens (tertiary/aromatic N) is 1. The molecule has 1 aromatic rings. The van der Waals surface area contributed by atoms with Gasteiger partial charge in [0.15, 0.2) is 0 Å². The molecule has 0 aliphatic heterocycles. The zero-order chi connectivity index (χ0) is 9.03. The minimum Gasteiger partial charge on any atom is -0.250 e. The van der Waals surface area contributed by atoms with E-state index in [0.29, 0.717) is 5.38 Å². The van der Waals surface area contributed by atoms with Gasteiger partial charge in [-0.25, -0.2) is 4.98 Å². The molecule has 1 aromatic heterocycles. The third kappa shape index (κ3) is 4.57. The summed E-state index contributed by atoms with van der Waals surface area (Å²) in [6, 6.07) is 3.17. The second-order valence-corrected chi connectivity index (χ2v) is 12.7. The summed E-state index contributed by atoms with van der Waals surface area (Å²) in [6.45, 7) is 0. The average Bonchev–Trinajstić information content (AvgIpc) is 2.02. The molecule has 12 heavy (non-hydrogen) atoms. The van der Waals surface area contributed by atoms with E-state index in [1.165, 1.54) is 11.8 Å². The quantitative estimate of drug-likeness (QED) is 0.468. The molecule has 0 saturated carbocycles. The maximum atomic E-state index is 5.70. The molecule has 0 atom stereocenters. The van der Waals surface area contributed by atoms with Gasteiger partial charge in [0.2, 0.25) is 0 Å². The van der Waals surface area contributed by atoms with Crippen LogP contribution < -0.4 is 0 Å². The van der Waals surface area contributed by atoms with Crippen molar-refractivity contribution in [2.45, 2.75) is 5.03 Å². The van der Waals surface area contributed by atoms with Crippen LogP contribution in [0, 0.1) is 0 Å². The summed E-state index contributed by atoms with van der Waals surface area (Å²) in [5.41, 5.74) is 0. The van der Waals surface area contributed by atoms with Crippen LogP contribution in [0.4, 0.5) is 0 Å². The van der Waals surface area contributed by atoms with E-state index in [9.17, 15) is 0 Å². The van der Waals surface area contributed by atoms with E-state index >= 15 is 0 Å². The highest BCUT2D eigenvalue weighted by molar-refractivity contribution is 8.03. The van der Waals surface area contributed by atoms with Crippen LogP contribution in [-0.4, -0.2) is 16.4 Å². The molecule has 0 spiro atoms. The summed E-state index contributed by atoms with van der Waals surface area (Å²) in [6.07, 6.45) is 1.72. The van der Waals surface area contributed by atoms with Crippen molar-refractivity contribution >= 4 is 51.0 Å². The maximum absolute atomic E-state index is 5.70. The van der Waals surface area contributed by atoms with Crippen molar-refractivity contribution in [2.75, 3.05) is 5.38 Å². The lowest BCUT2D eigenvalue weighted by Crippen LogP contribution is -2.13. The van der Waals surface area contributed by atoms with Crippen LogP contribution in [-0.2, 0) is 0 Å². The number of thioether (sulfide) groups is 1. The molecule has 0 saturated heterocycles. The van der Waals surface area contributed by atoms with E-state index in [1.54, 1.807) is 6.20 Å². The highest BCUT2D eigenvalue weighted by Crippen LogP contribution is 2.27. The molecule has 1 rings (SSSR count). The molecule has 0 N–H and O–H groups in total. The molecule has 0 aromatic carbocycles. The Kier molecular flexibility index (Phi) is 4.20. The van der Waals surface area contributed by atoms with Gasteiger partial charge in [-0.2, -0.15) is 0 Å². The fraction of sp³-hybridized carbons (Fsp3) is 0.167. The van der Waals surface area contributed by atoms with E-state index < -0.39 is 6.00 Å². The van der Waals surface area contributed by atoms with Gasteiger partial charge in [-0.3, -0.25) is 0 Å². The van der Waals surface area contributed by atoms with Crippen molar-refractivity contribution in [2.24, 2.45) is 0 Å². The lowest BCUT2D eigenvalue weighted by Gasteiger charge is -2.05. The van der Waals surface area contributed by atoms with Gasteiger partial charge in [-0.15, -0.1) is 45.0 Å². The molecule has 1 nitrogen and oxygen atoms in total. The Hall–Kier alpha value is 0.587. The lowest BCUT2D eigenvalue weighted by molar-refractivity contribution is 1.14. The highest BCUT2D eigenvalue weighted by Gasteiger charge is 2.24. The summed E-state index contributed by atoms with van der Waals surface area (Å²) >= 11 is 18.6. The lowest BCUT2D eigenvalue weighted by atomic mass is 10.5. The van der Waals surface area contributed by atoms with Gasteiger partial charge in [0.25, 0.3) is 0 Å². The first-order valence-corrected chi connectivity index (χ1v) is 9.41. The topological polar surface area (TPSA) is 12.9 Å². The molecule has 0 fully saturated rings. The molecule has 6 heteroatoms. The molecule has 0 radical (unpaired) electrons. The van der Waals surface area contributed by atoms with Gasteiger partial charge >= 0.3 is 6.00 Å². The van der Waals surface area contributed by atoms with Crippen LogP contribution in [0.3, 0.4) is 0 Å². The summed E-state index contributed by atoms with van der Waals surface area (Å²) in [7, 11) is 0. The van der Waals surface area contributed by atoms with Crippen molar-refractivity contribution in [1.82, 2.24) is 4.98 Å². The van der Waals surface area contributed by atoms with E-state index in [4.69, 9.17) is 33.2 Å². The van der Waals surface area contributed by atoms with E-state index in [0.717, 1.165) is 5.03 Å². The Labute approximate surface area is 90.5 Å². The van der Waals surface area contributed by atoms with Crippen molar-refractivity contribution in [3.63, 3.8) is 0 Å². The third-order valence-electron chi connectivity index (χ3n) is 1.02. The van der Waals surface area contributed by atoms with Crippen LogP contribution in [0.5, 0.6) is 0 Å². The average molecular weight is 259 g/mol. The highest BCUT2D eigenvalue weighted by atomic mass is 35.8. The van der Waals surface area contributed by atoms with Crippen molar-refractivity contribution < 1.29 is 0 Å². The van der Waals surface area contributed by atoms with Crippen molar-refractivity contribution in [1.29, 1.82) is 0 Å². The van der Waals surface area contributed by atoms with Gasteiger partial charge < -0.3 is 0 Å². The molecule has 0 aliphatic carbocycles. The van der Waals surface area contributed by atoms with Gasteiger partial charge in [-0.05, 0) is 12.1 Å². The van der Waals surface area contributed by atoms with Crippen LogP contribution in [0.15, 0.2) is 29.4 Å². The molecular weight excluding hydrogens is 253 g/mol. The number of rotatable bonds is 3. The predicted molar refractivity (Wildman–Crippen MR) is 58.3 cm³/mol. The van der Waals surface area contributed by atoms with E-state index in [2.05, 4.69) is 4.98 Å². The molecule has 1 heterocycles. The number of hydrogen-bond donors (Lipinski definition) is 0. The molecule has 0 unspecified atom stereocenters. The summed E-state index contributed by atoms with van der Waals surface area (Å²) in [5, 5.41) is 1.45. The van der Waals surface area contributed by atoms with Crippen molar-refractivity contribution in [3.05, 3.63) is 24.4 Å². The largest absolute Gasteiger partial charge is 0.351 e. The Bertz CT molecular complexity index is 238. The minimum atomic E-state index is -2.50. The fourth-order valence-electron chi connectivity index (χ4n) is 0.588. The van der Waals surface area contributed by atoms with Crippen LogP contribution in [0.1, 0.15) is 0 Å². The minimum absolute atomic E-state index is 0.550. The first-order chi connectivity index (χ1) is 5.58. The van der Waals surface area contributed by atoms with Crippen molar-refractivity contribution in [3.8, 4) is 0 Å². The normalized spacial score (nSPS) is 11.6. The zero-order valence-corrected chi connectivity index (χ0v) is 10.1. The number of pyridine rings is 1. The fourth-order valence-corrected chi connectivity index (χ4v) is 3.62. The zero-order valence-electron chi connectivity index (χ0n) is 6.01. The van der Waals surface area contributed by atoms with Gasteiger partial charge in [0.05, 0.1) is 5.03 Å². The maximum Gasteiger partial charge on any atom is 0.351 e. The standard InChI is InChI=1S/C6H6Cl3NSSi/c7-12(8,9)5-11-6-3-1-2-4-10-6/h1-4H,5H2. The number of hydrogen-bond acceptors (Lipinski definition) is 2. The summed E-state index contributed by atoms with van der Waals surface area (Å²) < 4.78 is 0. The van der Waals surface area contributed by atoms with Crippen LogP contribution in [0.2, 0.25) is 0 Å². The number of aromatic nitrogens is 1. The van der Waals surface area contributed by atoms with Crippen LogP contribution in [0.25, 0.3) is 0 Å². The molecule has 0 aliphatic rings. The Morgan fingerprint density at radius 1 is 1.33 bits per heavy atom. The molecule has 66 valence electrons. The Balaban J connectivity index is 2.44. The Morgan fingerprint density at radius 3 is 2.58 bits per heavy atom. The monoisotopic (exact) mass is 257 g/mol. The molecular formula is C6H6Cl3NSSi. The summed E-state index contributed by atoms with van der Waals surface area (Å²) in [5.74, 6) is 0. The van der Waals surface area contributed by atoms with Gasteiger partial charge in [0, 0.05) is 11.6 Å². The summed E-state index contributed by atoms with van der Waals surface area (Å²) in [4.78, 5) is 4.09. The smallest absolute Gasteiger partial charge is 0.250 e. The first-order valence-electron chi connectivity index (χ1n) is 3.18. The second kappa shape index (κ2) is 4.72. The molecule has 0 amide bonds. The van der Waals surface area contributed by atoms with E-state index in [1.807, 2.05) is 18.2 Å². The van der Waals surface area contributed by atoms with E-state index in [-0.39, 0.29) is 0 Å². The SMILES string of the molecule is Cl[Si](Cl)(Cl)CSc1ccccn1. The predicted octanol–water partition coefficient (Wildman–Crippen LogP) is 3.37. The molecule has 0 bridgehead atoms. The Morgan fingerprint density at radius 2 is 2.08 bits per heavy atom. The number of halogens is 3. The van der Waals surface area contributed by atoms with Crippen LogP contribution >= 0.6 is 45.0 Å².